The fourth-order valence-corrected chi connectivity index (χ4v) is 17.0. The first-order valence-electron chi connectivity index (χ1n) is 44.0. The molecule has 7 heterocycles. The molecule has 7 aliphatic rings. The Morgan fingerprint density at radius 2 is 0.803 bits per heavy atom. The molecule has 0 bridgehead atoms. The molecule has 712 valence electrons. The molecule has 7 saturated heterocycles. The largest absolute Gasteiger partial charge is 0.477 e. The van der Waals surface area contributed by atoms with Crippen molar-refractivity contribution in [1.29, 1.82) is 0 Å². The minimum absolute atomic E-state index is 0.0784. The van der Waals surface area contributed by atoms with Crippen LogP contribution in [0.25, 0.3) is 0 Å². The number of carboxylic acids is 1. The Bertz CT molecular complexity index is 2940. The summed E-state index contributed by atoms with van der Waals surface area (Å²) in [7, 11) is 0. The number of carbonyl (C=O) groups is 4. The first kappa shape index (κ1) is 106. The van der Waals surface area contributed by atoms with Crippen LogP contribution in [0.15, 0.2) is 0 Å². The molecule has 41 nitrogen and oxygen atoms in total. The predicted octanol–water partition coefficient (Wildman–Crippen LogP) is -3.79. The molecule has 7 fully saturated rings. The number of rotatable bonds is 53. The molecule has 0 aromatic carbocycles. The van der Waals surface area contributed by atoms with Crippen molar-refractivity contribution >= 4 is 23.7 Å². The van der Waals surface area contributed by atoms with Gasteiger partial charge in [0.1, 0.15) is 159 Å². The number of hydrogen-bond donors (Lipinski definition) is 23. The van der Waals surface area contributed by atoms with Crippen molar-refractivity contribution in [2.75, 3.05) is 46.2 Å². The van der Waals surface area contributed by atoms with Gasteiger partial charge in [0, 0.05) is 27.2 Å². The molecule has 0 saturated carbocycles. The maximum atomic E-state index is 13.5. The number of aliphatic carboxylic acids is 1. The van der Waals surface area contributed by atoms with E-state index in [4.69, 9.17) is 66.3 Å². The molecule has 0 spiro atoms. The highest BCUT2D eigenvalue weighted by Gasteiger charge is 2.62. The van der Waals surface area contributed by atoms with Gasteiger partial charge in [-0.05, 0) is 25.7 Å². The van der Waals surface area contributed by atoms with Gasteiger partial charge in [-0.1, -0.05) is 168 Å². The molecule has 7 rings (SSSR count). The van der Waals surface area contributed by atoms with Crippen molar-refractivity contribution in [3.8, 4) is 0 Å². The van der Waals surface area contributed by atoms with Gasteiger partial charge in [-0.25, -0.2) is 4.79 Å². The van der Waals surface area contributed by atoms with E-state index in [1.165, 1.54) is 110 Å². The molecule has 0 aromatic heterocycles. The van der Waals surface area contributed by atoms with Crippen LogP contribution in [0.5, 0.6) is 0 Å². The first-order chi connectivity index (χ1) is 58.2. The van der Waals surface area contributed by atoms with Crippen molar-refractivity contribution in [2.24, 2.45) is 5.92 Å². The maximum Gasteiger partial charge on any atom is 0.364 e. The Morgan fingerprint density at radius 1 is 0.393 bits per heavy atom. The van der Waals surface area contributed by atoms with Gasteiger partial charge in [0.05, 0.1) is 64.5 Å². The van der Waals surface area contributed by atoms with Crippen LogP contribution in [0.4, 0.5) is 0 Å². The van der Waals surface area contributed by atoms with E-state index >= 15 is 0 Å². The summed E-state index contributed by atoms with van der Waals surface area (Å²) in [6.07, 6.45) is -35.0. The van der Waals surface area contributed by atoms with Crippen LogP contribution in [-0.4, -0.2) is 392 Å². The molecule has 7 aliphatic heterocycles. The lowest BCUT2D eigenvalue weighted by atomic mass is 9.88. The summed E-state index contributed by atoms with van der Waals surface area (Å²) in [6.45, 7) is 2.43. The first-order valence-corrected chi connectivity index (χ1v) is 44.0. The van der Waals surface area contributed by atoms with Crippen molar-refractivity contribution in [3.63, 3.8) is 0 Å². The number of hydrogen-bond acceptors (Lipinski definition) is 37. The van der Waals surface area contributed by atoms with Crippen LogP contribution >= 0.6 is 0 Å². The lowest BCUT2D eigenvalue weighted by Gasteiger charge is -2.52. The smallest absolute Gasteiger partial charge is 0.364 e. The lowest BCUT2D eigenvalue weighted by molar-refractivity contribution is -0.392. The molecule has 0 aliphatic carbocycles. The van der Waals surface area contributed by atoms with Crippen LogP contribution in [0.2, 0.25) is 0 Å². The topological polar surface area (TPSA) is 638 Å². The van der Waals surface area contributed by atoms with Gasteiger partial charge >= 0.3 is 5.97 Å². The van der Waals surface area contributed by atoms with E-state index < -0.39 is 290 Å². The second-order valence-corrected chi connectivity index (χ2v) is 33.8. The lowest BCUT2D eigenvalue weighted by Crippen LogP contribution is -2.71. The fraction of sp³-hybridized carbons (Fsp3) is 0.951. The zero-order valence-corrected chi connectivity index (χ0v) is 71.1. The summed E-state index contributed by atoms with van der Waals surface area (Å²) in [6, 6.07) is -5.43. The number of aliphatic hydroxyl groups excluding tert-OH is 19. The van der Waals surface area contributed by atoms with Crippen molar-refractivity contribution in [2.45, 2.75) is 435 Å². The number of ether oxygens (including phenoxy) is 14. The minimum Gasteiger partial charge on any atom is -0.477 e. The van der Waals surface area contributed by atoms with Crippen LogP contribution in [0.1, 0.15) is 215 Å². The van der Waals surface area contributed by atoms with Gasteiger partial charge in [-0.3, -0.25) is 14.4 Å². The highest BCUT2D eigenvalue weighted by atomic mass is 16.8. The summed E-state index contributed by atoms with van der Waals surface area (Å²) < 4.78 is 85.0. The molecular formula is C81H145N3O38. The van der Waals surface area contributed by atoms with Crippen LogP contribution in [-0.2, 0) is 85.5 Å². The molecule has 0 radical (unpaired) electrons. The second kappa shape index (κ2) is 53.0. The van der Waals surface area contributed by atoms with E-state index in [2.05, 4.69) is 29.8 Å². The molecule has 122 heavy (non-hydrogen) atoms. The summed E-state index contributed by atoms with van der Waals surface area (Å²) in [4.78, 5) is 52.0. The molecule has 23 N–H and O–H groups in total. The third-order valence-corrected chi connectivity index (χ3v) is 24.1. The van der Waals surface area contributed by atoms with Crippen LogP contribution in [0, 0.1) is 5.92 Å². The standard InChI is InChI=1S/C81H145N3O38/c1-7-9-11-13-15-17-19-21-23-25-27-29-31-45(32-30-28-26-24-22-20-18-16-14-12-10-8-2)39-109-76-65(104)63(102)68(50(37-88)115-76)117-78-66(105)72(59(98)48(35-86)112-78)120-75-54(83-43(5)91)61(100)58(97)52(116-75)40-110-74-55(84-44(6)92)71(119-77-64(103)62(101)56(95)41(3)111-77)69(51(38-89)114-74)118-79-67(106)73(60(99)49(36-87)113-79)122-81(80(107)108)33-46(93)53(82-42(4)90)70(121-81)57(96)47(94)34-85/h41,45-79,85-89,93-106H,7-40H2,1-6H3,(H,82,90)(H,83,91)(H,84,92)(H,107,108)/t41-,46-,47+,48+,49+,50+,51+,52+,53+,54+,55+,56+,57+,58-,59-,60-,61+,62+,63+,64-,65+,66+,67+,68+,69+,70-,71+,72-,73-,74+,75+,76+,77-,78-,79-,81-/m0/s1. The van der Waals surface area contributed by atoms with Crippen LogP contribution in [0.3, 0.4) is 0 Å². The number of carbonyl (C=O) groups excluding carboxylic acids is 3. The van der Waals surface area contributed by atoms with E-state index in [-0.39, 0.29) is 12.5 Å². The average molecular weight is 1770 g/mol. The minimum atomic E-state index is -3.28. The highest BCUT2D eigenvalue weighted by molar-refractivity contribution is 5.77. The zero-order valence-electron chi connectivity index (χ0n) is 71.1. The zero-order chi connectivity index (χ0) is 89.7. The Balaban J connectivity index is 1.08. The molecular weight excluding hydrogens is 1620 g/mol. The van der Waals surface area contributed by atoms with Gasteiger partial charge in [0.25, 0.3) is 5.79 Å². The Morgan fingerprint density at radius 3 is 1.30 bits per heavy atom. The van der Waals surface area contributed by atoms with Gasteiger partial charge in [0.15, 0.2) is 37.7 Å². The molecule has 0 aromatic rings. The Hall–Kier alpha value is -3.44. The maximum absolute atomic E-state index is 13.5. The van der Waals surface area contributed by atoms with Gasteiger partial charge in [0.2, 0.25) is 17.7 Å². The molecule has 36 atom stereocenters. The Kier molecular flexibility index (Phi) is 45.9. The average Bonchev–Trinajstić information content (AvgIpc) is 0.757. The van der Waals surface area contributed by atoms with E-state index in [0.717, 1.165) is 85.0 Å². The van der Waals surface area contributed by atoms with E-state index in [0.29, 0.717) is 0 Å². The SMILES string of the molecule is CCCCCCCCCCCCCCC(CCCCCCCCCCCCCC)CO[C@@H]1O[C@H](CO)[C@@H](O[C@@H]2O[C@H](CO)[C@H](O)[C@H](O[C@H]3O[C@H](CO[C@@H]4O[C@H](CO)[C@@H](O[C@@H]5O[C@H](CO)[C@H](O)[C@H](O[C@]6(C(=O)O)C[C@H](O)[C@@H](NC(C)=O)[C@@H]([C@H](O)[C@H](O)CO)O6)[C@H]5O)[C@H](O[C@@H]5O[C@@H](C)[C@@H](O)[C@@H](O)[C@@H]5O)[C@H]4NC(C)=O)[C@H](O)[C@H](O)[C@H]3NC(C)=O)[C@H]2O)[C@H](O)[C@H]1O. The quantitative estimate of drug-likeness (QED) is 0.0260. The molecule has 41 heteroatoms. The van der Waals surface area contributed by atoms with Crippen molar-refractivity contribution in [3.05, 3.63) is 0 Å². The summed E-state index contributed by atoms with van der Waals surface area (Å²) in [5.74, 6) is -7.95. The van der Waals surface area contributed by atoms with E-state index in [1.807, 2.05) is 0 Å². The van der Waals surface area contributed by atoms with Gasteiger partial charge in [-0.15, -0.1) is 0 Å². The highest BCUT2D eigenvalue weighted by Crippen LogP contribution is 2.42. The van der Waals surface area contributed by atoms with E-state index in [1.54, 1.807) is 0 Å². The number of amides is 3. The van der Waals surface area contributed by atoms with Crippen molar-refractivity contribution in [1.82, 2.24) is 16.0 Å². The number of aliphatic hydroxyl groups is 19. The fourth-order valence-electron chi connectivity index (χ4n) is 17.0. The van der Waals surface area contributed by atoms with Gasteiger partial charge in [-0.2, -0.15) is 0 Å². The van der Waals surface area contributed by atoms with Gasteiger partial charge < -0.3 is 184 Å². The number of carboxylic acid groups (broad SMARTS) is 1. The Labute approximate surface area is 712 Å². The van der Waals surface area contributed by atoms with E-state index in [9.17, 15) is 121 Å². The normalized spacial score (nSPS) is 38.9. The predicted molar refractivity (Wildman–Crippen MR) is 421 cm³/mol. The van der Waals surface area contributed by atoms with Crippen LogP contribution < -0.4 is 16.0 Å². The molecule has 0 unspecified atom stereocenters. The monoisotopic (exact) mass is 1770 g/mol. The third-order valence-electron chi connectivity index (χ3n) is 24.1. The number of nitrogens with one attached hydrogen (secondary N) is 3. The second-order valence-electron chi connectivity index (χ2n) is 33.8. The third kappa shape index (κ3) is 29.5. The number of unbranched alkanes of at least 4 members (excludes halogenated alkanes) is 22. The molecule has 3 amide bonds. The van der Waals surface area contributed by atoms with Crippen molar-refractivity contribution < 1.29 is 188 Å². The summed E-state index contributed by atoms with van der Waals surface area (Å²) in [5, 5.41) is 232. The summed E-state index contributed by atoms with van der Waals surface area (Å²) >= 11 is 0. The summed E-state index contributed by atoms with van der Waals surface area (Å²) in [5.41, 5.74) is 0.